The van der Waals surface area contributed by atoms with Crippen LogP contribution in [0.5, 0.6) is 17.2 Å². The summed E-state index contributed by atoms with van der Waals surface area (Å²) >= 11 is 0. The standard InChI is InChI=1S/C24H24N2O6/c1-29-20-12-17(13-21(30-2)22(20)31-3)25-23(27)18-11-15-7-4-5-8-16(15)14-26(18)24(28)19-9-6-10-32-19/h4-10,12-13,18H,11,14H2,1-3H3,(H,25,27). The van der Waals surface area contributed by atoms with E-state index in [1.165, 1.54) is 32.5 Å². The summed E-state index contributed by atoms with van der Waals surface area (Å²) in [6.07, 6.45) is 1.83. The van der Waals surface area contributed by atoms with Crippen molar-refractivity contribution in [3.05, 3.63) is 71.7 Å². The van der Waals surface area contributed by atoms with E-state index >= 15 is 0 Å². The predicted molar refractivity (Wildman–Crippen MR) is 117 cm³/mol. The molecule has 3 aromatic rings. The normalized spacial score (nSPS) is 15.0. The van der Waals surface area contributed by atoms with E-state index in [1.54, 1.807) is 24.3 Å². The zero-order valence-corrected chi connectivity index (χ0v) is 18.1. The Kier molecular flexibility index (Phi) is 6.02. The molecule has 2 heterocycles. The molecule has 2 aromatic carbocycles. The zero-order valence-electron chi connectivity index (χ0n) is 18.1. The number of nitrogens with zero attached hydrogens (tertiary/aromatic N) is 1. The third-order valence-electron chi connectivity index (χ3n) is 5.48. The van der Waals surface area contributed by atoms with Gasteiger partial charge in [-0.15, -0.1) is 0 Å². The Hall–Kier alpha value is -3.94. The average Bonchev–Trinajstić information content (AvgIpc) is 3.37. The highest BCUT2D eigenvalue weighted by Gasteiger charge is 2.36. The lowest BCUT2D eigenvalue weighted by Crippen LogP contribution is -2.50. The lowest BCUT2D eigenvalue weighted by molar-refractivity contribution is -0.121. The molecule has 0 fully saturated rings. The fraction of sp³-hybridized carbons (Fsp3) is 0.250. The second-order valence-electron chi connectivity index (χ2n) is 7.30. The van der Waals surface area contributed by atoms with Crippen molar-refractivity contribution in [2.75, 3.05) is 26.6 Å². The number of rotatable bonds is 6. The number of amides is 2. The molecule has 0 aliphatic carbocycles. The number of anilines is 1. The number of hydrogen-bond donors (Lipinski definition) is 1. The van der Waals surface area contributed by atoms with Crippen LogP contribution in [-0.2, 0) is 17.8 Å². The quantitative estimate of drug-likeness (QED) is 0.636. The van der Waals surface area contributed by atoms with Gasteiger partial charge in [-0.2, -0.15) is 0 Å². The maximum absolute atomic E-state index is 13.4. The molecule has 0 spiro atoms. The van der Waals surface area contributed by atoms with Crippen molar-refractivity contribution in [3.8, 4) is 17.2 Å². The monoisotopic (exact) mass is 436 g/mol. The smallest absolute Gasteiger partial charge is 0.290 e. The molecule has 1 atom stereocenters. The van der Waals surface area contributed by atoms with Crippen LogP contribution in [0.25, 0.3) is 0 Å². The molecule has 0 bridgehead atoms. The summed E-state index contributed by atoms with van der Waals surface area (Å²) in [5.41, 5.74) is 2.50. The van der Waals surface area contributed by atoms with E-state index in [-0.39, 0.29) is 17.6 Å². The summed E-state index contributed by atoms with van der Waals surface area (Å²) in [6, 6.07) is 13.6. The van der Waals surface area contributed by atoms with Crippen LogP contribution in [0.15, 0.2) is 59.2 Å². The van der Waals surface area contributed by atoms with E-state index in [0.717, 1.165) is 11.1 Å². The summed E-state index contributed by atoms with van der Waals surface area (Å²) in [5, 5.41) is 2.89. The van der Waals surface area contributed by atoms with Gasteiger partial charge in [0, 0.05) is 30.8 Å². The number of fused-ring (bicyclic) bond motifs is 1. The minimum absolute atomic E-state index is 0.190. The van der Waals surface area contributed by atoms with Crippen molar-refractivity contribution in [3.63, 3.8) is 0 Å². The first-order valence-electron chi connectivity index (χ1n) is 10.1. The van der Waals surface area contributed by atoms with Crippen LogP contribution in [0, 0.1) is 0 Å². The molecule has 8 heteroatoms. The fourth-order valence-corrected chi connectivity index (χ4v) is 3.89. The van der Waals surface area contributed by atoms with Crippen LogP contribution in [0.2, 0.25) is 0 Å². The SMILES string of the molecule is COc1cc(NC(=O)C2Cc3ccccc3CN2C(=O)c2ccco2)cc(OC)c1OC. The van der Waals surface area contributed by atoms with Crippen molar-refractivity contribution in [2.45, 2.75) is 19.0 Å². The van der Waals surface area contributed by atoms with Gasteiger partial charge in [-0.25, -0.2) is 0 Å². The molecule has 0 radical (unpaired) electrons. The molecule has 1 aromatic heterocycles. The highest BCUT2D eigenvalue weighted by molar-refractivity contribution is 6.01. The molecule has 32 heavy (non-hydrogen) atoms. The van der Waals surface area contributed by atoms with Crippen LogP contribution < -0.4 is 19.5 Å². The number of hydrogen-bond acceptors (Lipinski definition) is 6. The maximum Gasteiger partial charge on any atom is 0.290 e. The molecular weight excluding hydrogens is 412 g/mol. The van der Waals surface area contributed by atoms with Crippen molar-refractivity contribution in [1.29, 1.82) is 0 Å². The van der Waals surface area contributed by atoms with Crippen molar-refractivity contribution in [2.24, 2.45) is 0 Å². The molecule has 2 amide bonds. The topological polar surface area (TPSA) is 90.2 Å². The largest absolute Gasteiger partial charge is 0.493 e. The number of furan rings is 1. The molecule has 1 N–H and O–H groups in total. The van der Waals surface area contributed by atoms with Crippen LogP contribution in [0.1, 0.15) is 21.7 Å². The Labute approximate surface area is 185 Å². The first-order valence-corrected chi connectivity index (χ1v) is 10.1. The summed E-state index contributed by atoms with van der Waals surface area (Å²) in [4.78, 5) is 28.0. The lowest BCUT2D eigenvalue weighted by Gasteiger charge is -2.35. The van der Waals surface area contributed by atoms with Crippen LogP contribution in [-0.4, -0.2) is 44.1 Å². The minimum atomic E-state index is -0.721. The van der Waals surface area contributed by atoms with Gasteiger partial charge < -0.3 is 28.8 Å². The van der Waals surface area contributed by atoms with Gasteiger partial charge in [0.05, 0.1) is 27.6 Å². The highest BCUT2D eigenvalue weighted by Crippen LogP contribution is 2.40. The van der Waals surface area contributed by atoms with Gasteiger partial charge in [0.15, 0.2) is 17.3 Å². The average molecular weight is 436 g/mol. The molecule has 1 unspecified atom stereocenters. The summed E-state index contributed by atoms with van der Waals surface area (Å²) in [6.45, 7) is 0.309. The second-order valence-corrected chi connectivity index (χ2v) is 7.30. The van der Waals surface area contributed by atoms with E-state index in [0.29, 0.717) is 35.9 Å². The Morgan fingerprint density at radius 2 is 1.66 bits per heavy atom. The zero-order chi connectivity index (χ0) is 22.7. The van der Waals surface area contributed by atoms with E-state index in [4.69, 9.17) is 18.6 Å². The van der Waals surface area contributed by atoms with Gasteiger partial charge in [0.1, 0.15) is 6.04 Å². The number of carbonyl (C=O) groups is 2. The Morgan fingerprint density at radius 1 is 0.969 bits per heavy atom. The number of benzene rings is 2. The predicted octanol–water partition coefficient (Wildman–Crippen LogP) is 3.51. The Balaban J connectivity index is 1.65. The third-order valence-corrected chi connectivity index (χ3v) is 5.48. The highest BCUT2D eigenvalue weighted by atomic mass is 16.5. The van der Waals surface area contributed by atoms with E-state index in [2.05, 4.69) is 5.32 Å². The van der Waals surface area contributed by atoms with E-state index in [9.17, 15) is 9.59 Å². The molecule has 1 aliphatic heterocycles. The number of nitrogens with one attached hydrogen (secondary N) is 1. The van der Waals surface area contributed by atoms with Gasteiger partial charge >= 0.3 is 0 Å². The number of methoxy groups -OCH3 is 3. The Morgan fingerprint density at radius 3 is 2.25 bits per heavy atom. The molecular formula is C24H24N2O6. The molecule has 0 saturated heterocycles. The lowest BCUT2D eigenvalue weighted by atomic mass is 9.93. The number of carbonyl (C=O) groups excluding carboxylic acids is 2. The molecule has 166 valence electrons. The maximum atomic E-state index is 13.4. The molecule has 8 nitrogen and oxygen atoms in total. The summed E-state index contributed by atoms with van der Waals surface area (Å²) in [7, 11) is 4.52. The van der Waals surface area contributed by atoms with Crippen LogP contribution >= 0.6 is 0 Å². The van der Waals surface area contributed by atoms with E-state index in [1.807, 2.05) is 24.3 Å². The van der Waals surface area contributed by atoms with Gasteiger partial charge in [0.25, 0.3) is 5.91 Å². The van der Waals surface area contributed by atoms with Crippen molar-refractivity contribution < 1.29 is 28.2 Å². The van der Waals surface area contributed by atoms with Gasteiger partial charge in [-0.3, -0.25) is 9.59 Å². The molecule has 0 saturated carbocycles. The first-order chi connectivity index (χ1) is 15.5. The molecule has 1 aliphatic rings. The number of ether oxygens (including phenoxy) is 3. The third kappa shape index (κ3) is 3.99. The van der Waals surface area contributed by atoms with Crippen molar-refractivity contribution >= 4 is 17.5 Å². The van der Waals surface area contributed by atoms with Crippen molar-refractivity contribution in [1.82, 2.24) is 4.90 Å². The van der Waals surface area contributed by atoms with Gasteiger partial charge in [-0.05, 0) is 23.3 Å². The second kappa shape index (κ2) is 9.05. The summed E-state index contributed by atoms with van der Waals surface area (Å²) < 4.78 is 21.4. The van der Waals surface area contributed by atoms with Crippen LogP contribution in [0.4, 0.5) is 5.69 Å². The minimum Gasteiger partial charge on any atom is -0.493 e. The van der Waals surface area contributed by atoms with Gasteiger partial charge in [0.2, 0.25) is 11.7 Å². The van der Waals surface area contributed by atoms with Crippen LogP contribution in [0.3, 0.4) is 0 Å². The van der Waals surface area contributed by atoms with Gasteiger partial charge in [-0.1, -0.05) is 24.3 Å². The summed E-state index contributed by atoms with van der Waals surface area (Å²) in [5.74, 6) is 0.784. The Bertz CT molecular complexity index is 1100. The first kappa shape index (κ1) is 21.3. The fourth-order valence-electron chi connectivity index (χ4n) is 3.89. The van der Waals surface area contributed by atoms with E-state index < -0.39 is 6.04 Å². The molecule has 4 rings (SSSR count).